The van der Waals surface area contributed by atoms with Crippen LogP contribution in [0.15, 0.2) is 18.3 Å². The number of aromatic nitrogens is 1. The molecule has 0 aliphatic carbocycles. The van der Waals surface area contributed by atoms with Crippen molar-refractivity contribution in [1.82, 2.24) is 10.3 Å². The Labute approximate surface area is 109 Å². The predicted octanol–water partition coefficient (Wildman–Crippen LogP) is 2.24. The smallest absolute Gasteiger partial charge is 0.155 e. The Balaban J connectivity index is 2.00. The maximum absolute atomic E-state index is 12.0. The second kappa shape index (κ2) is 5.19. The fraction of sp³-hybridized carbons (Fsp3) is 0.600. The SMILES string of the molecule is CC(C)(C)c1ccc(CC(=O)[C@@H]2CCCN2)nc1. The number of hydrogen-bond acceptors (Lipinski definition) is 3. The molecule has 1 aromatic heterocycles. The van der Waals surface area contributed by atoms with Crippen LogP contribution in [0.25, 0.3) is 0 Å². The summed E-state index contributed by atoms with van der Waals surface area (Å²) in [4.78, 5) is 16.4. The summed E-state index contributed by atoms with van der Waals surface area (Å²) in [5.74, 6) is 0.267. The fourth-order valence-corrected chi connectivity index (χ4v) is 2.23. The van der Waals surface area contributed by atoms with Crippen molar-refractivity contribution in [2.45, 2.75) is 51.5 Å². The van der Waals surface area contributed by atoms with Gasteiger partial charge in [0.1, 0.15) is 0 Å². The summed E-state index contributed by atoms with van der Waals surface area (Å²) in [6, 6.07) is 4.11. The van der Waals surface area contributed by atoms with Gasteiger partial charge in [-0.3, -0.25) is 9.78 Å². The van der Waals surface area contributed by atoms with E-state index in [9.17, 15) is 4.79 Å². The van der Waals surface area contributed by atoms with Crippen molar-refractivity contribution >= 4 is 5.78 Å². The van der Waals surface area contributed by atoms with E-state index in [0.717, 1.165) is 25.1 Å². The van der Waals surface area contributed by atoms with E-state index in [1.807, 2.05) is 12.3 Å². The molecule has 2 heterocycles. The number of rotatable bonds is 3. The lowest BCUT2D eigenvalue weighted by Crippen LogP contribution is -2.32. The van der Waals surface area contributed by atoms with E-state index in [1.54, 1.807) is 0 Å². The largest absolute Gasteiger partial charge is 0.307 e. The number of nitrogens with zero attached hydrogens (tertiary/aromatic N) is 1. The van der Waals surface area contributed by atoms with Gasteiger partial charge in [0.15, 0.2) is 5.78 Å². The first kappa shape index (κ1) is 13.2. The molecule has 1 aliphatic heterocycles. The van der Waals surface area contributed by atoms with Crippen LogP contribution >= 0.6 is 0 Å². The summed E-state index contributed by atoms with van der Waals surface area (Å²) in [5.41, 5.74) is 2.20. The first-order chi connectivity index (χ1) is 8.47. The Bertz CT molecular complexity index is 411. The number of pyridine rings is 1. The van der Waals surface area contributed by atoms with Crippen molar-refractivity contribution < 1.29 is 4.79 Å². The molecular formula is C15H22N2O. The zero-order valence-electron chi connectivity index (χ0n) is 11.5. The van der Waals surface area contributed by atoms with Crippen molar-refractivity contribution in [1.29, 1.82) is 0 Å². The highest BCUT2D eigenvalue weighted by Crippen LogP contribution is 2.21. The van der Waals surface area contributed by atoms with Crippen molar-refractivity contribution in [2.24, 2.45) is 0 Å². The molecule has 0 saturated carbocycles. The van der Waals surface area contributed by atoms with Gasteiger partial charge in [0, 0.05) is 11.9 Å². The van der Waals surface area contributed by atoms with Gasteiger partial charge in [0.25, 0.3) is 0 Å². The quantitative estimate of drug-likeness (QED) is 0.889. The van der Waals surface area contributed by atoms with Gasteiger partial charge >= 0.3 is 0 Å². The number of carbonyl (C=O) groups excluding carboxylic acids is 1. The highest BCUT2D eigenvalue weighted by atomic mass is 16.1. The van der Waals surface area contributed by atoms with E-state index in [1.165, 1.54) is 5.56 Å². The van der Waals surface area contributed by atoms with E-state index in [-0.39, 0.29) is 17.2 Å². The maximum atomic E-state index is 12.0. The second-order valence-electron chi connectivity index (χ2n) is 6.08. The molecule has 1 atom stereocenters. The van der Waals surface area contributed by atoms with Crippen LogP contribution in [-0.4, -0.2) is 23.4 Å². The third-order valence-corrected chi connectivity index (χ3v) is 3.50. The van der Waals surface area contributed by atoms with Crippen LogP contribution in [0.1, 0.15) is 44.9 Å². The lowest BCUT2D eigenvalue weighted by Gasteiger charge is -2.18. The molecule has 0 bridgehead atoms. The lowest BCUT2D eigenvalue weighted by atomic mass is 9.88. The zero-order chi connectivity index (χ0) is 13.2. The van der Waals surface area contributed by atoms with E-state index in [0.29, 0.717) is 6.42 Å². The average Bonchev–Trinajstić information content (AvgIpc) is 2.82. The maximum Gasteiger partial charge on any atom is 0.155 e. The highest BCUT2D eigenvalue weighted by molar-refractivity contribution is 5.86. The van der Waals surface area contributed by atoms with Gasteiger partial charge in [-0.05, 0) is 36.4 Å². The Morgan fingerprint density at radius 3 is 2.72 bits per heavy atom. The van der Waals surface area contributed by atoms with Crippen LogP contribution < -0.4 is 5.32 Å². The van der Waals surface area contributed by atoms with E-state index in [4.69, 9.17) is 0 Å². The molecule has 0 unspecified atom stereocenters. The Morgan fingerprint density at radius 1 is 1.44 bits per heavy atom. The summed E-state index contributed by atoms with van der Waals surface area (Å²) in [5, 5.41) is 3.23. The lowest BCUT2D eigenvalue weighted by molar-refractivity contribution is -0.120. The molecule has 1 fully saturated rings. The summed E-state index contributed by atoms with van der Waals surface area (Å²) in [7, 11) is 0. The predicted molar refractivity (Wildman–Crippen MR) is 72.7 cm³/mol. The topological polar surface area (TPSA) is 42.0 Å². The van der Waals surface area contributed by atoms with Crippen molar-refractivity contribution in [2.75, 3.05) is 6.54 Å². The Hall–Kier alpha value is -1.22. The molecule has 3 nitrogen and oxygen atoms in total. The molecule has 0 radical (unpaired) electrons. The molecule has 98 valence electrons. The zero-order valence-corrected chi connectivity index (χ0v) is 11.5. The summed E-state index contributed by atoms with van der Waals surface area (Å²) in [6.07, 6.45) is 4.42. The van der Waals surface area contributed by atoms with Gasteiger partial charge < -0.3 is 5.32 Å². The normalized spacial score (nSPS) is 20.1. The Kier molecular flexibility index (Phi) is 3.81. The van der Waals surface area contributed by atoms with Gasteiger partial charge in [-0.15, -0.1) is 0 Å². The van der Waals surface area contributed by atoms with Gasteiger partial charge in [-0.1, -0.05) is 26.8 Å². The van der Waals surface area contributed by atoms with Gasteiger partial charge in [-0.2, -0.15) is 0 Å². The van der Waals surface area contributed by atoms with Crippen molar-refractivity contribution in [3.8, 4) is 0 Å². The summed E-state index contributed by atoms with van der Waals surface area (Å²) in [6.45, 7) is 7.46. The fourth-order valence-electron chi connectivity index (χ4n) is 2.23. The van der Waals surface area contributed by atoms with Gasteiger partial charge in [0.05, 0.1) is 12.5 Å². The standard InChI is InChI=1S/C15H22N2O/c1-15(2,3)11-6-7-12(17-10-11)9-14(18)13-5-4-8-16-13/h6-7,10,13,16H,4-5,8-9H2,1-3H3/t13-/m0/s1. The van der Waals surface area contributed by atoms with E-state index >= 15 is 0 Å². The molecule has 1 aliphatic rings. The molecule has 2 rings (SSSR count). The minimum absolute atomic E-state index is 0.0501. The molecule has 18 heavy (non-hydrogen) atoms. The molecule has 1 aromatic rings. The van der Waals surface area contributed by atoms with Crippen molar-refractivity contribution in [3.63, 3.8) is 0 Å². The molecule has 0 spiro atoms. The third kappa shape index (κ3) is 3.16. The first-order valence-corrected chi connectivity index (χ1v) is 6.68. The second-order valence-corrected chi connectivity index (χ2v) is 6.08. The first-order valence-electron chi connectivity index (χ1n) is 6.68. The van der Waals surface area contributed by atoms with Crippen LogP contribution in [0.5, 0.6) is 0 Å². The monoisotopic (exact) mass is 246 g/mol. The molecule has 1 saturated heterocycles. The van der Waals surface area contributed by atoms with Crippen LogP contribution in [0, 0.1) is 0 Å². The molecular weight excluding hydrogens is 224 g/mol. The summed E-state index contributed by atoms with van der Waals surface area (Å²) < 4.78 is 0. The third-order valence-electron chi connectivity index (χ3n) is 3.50. The number of hydrogen-bond donors (Lipinski definition) is 1. The minimum atomic E-state index is 0.0501. The van der Waals surface area contributed by atoms with Crippen molar-refractivity contribution in [3.05, 3.63) is 29.6 Å². The number of Topliss-reactive ketones (excluding diaryl/α,β-unsaturated/α-hetero) is 1. The van der Waals surface area contributed by atoms with Crippen LogP contribution in [0.3, 0.4) is 0 Å². The number of nitrogens with one attached hydrogen (secondary N) is 1. The van der Waals surface area contributed by atoms with E-state index < -0.39 is 0 Å². The van der Waals surface area contributed by atoms with Gasteiger partial charge in [-0.25, -0.2) is 0 Å². The van der Waals surface area contributed by atoms with Crippen LogP contribution in [-0.2, 0) is 16.6 Å². The average molecular weight is 246 g/mol. The van der Waals surface area contributed by atoms with Gasteiger partial charge in [0.2, 0.25) is 0 Å². The Morgan fingerprint density at radius 2 is 2.22 bits per heavy atom. The number of ketones is 1. The highest BCUT2D eigenvalue weighted by Gasteiger charge is 2.22. The molecule has 0 aromatic carbocycles. The summed E-state index contributed by atoms with van der Waals surface area (Å²) >= 11 is 0. The van der Waals surface area contributed by atoms with Crippen LogP contribution in [0.4, 0.5) is 0 Å². The van der Waals surface area contributed by atoms with Crippen LogP contribution in [0.2, 0.25) is 0 Å². The molecule has 3 heteroatoms. The number of carbonyl (C=O) groups is 1. The van der Waals surface area contributed by atoms with E-state index in [2.05, 4.69) is 37.1 Å². The minimum Gasteiger partial charge on any atom is -0.307 e. The molecule has 0 amide bonds. The molecule has 1 N–H and O–H groups in total.